The Balaban J connectivity index is 1.47. The monoisotopic (exact) mass is 367 g/mol. The van der Waals surface area contributed by atoms with Gasteiger partial charge in [-0.1, -0.05) is 0 Å². The Kier molecular flexibility index (Phi) is 4.92. The van der Waals surface area contributed by atoms with E-state index in [9.17, 15) is 9.59 Å². The van der Waals surface area contributed by atoms with Crippen LogP contribution in [-0.4, -0.2) is 56.0 Å². The first-order valence-electron chi connectivity index (χ1n) is 9.64. The molecule has 7 heteroatoms. The lowest BCUT2D eigenvalue weighted by atomic mass is 10.0. The lowest BCUT2D eigenvalue weighted by Gasteiger charge is -2.28. The van der Waals surface area contributed by atoms with Crippen molar-refractivity contribution < 1.29 is 9.59 Å². The molecule has 2 aromatic rings. The van der Waals surface area contributed by atoms with Crippen molar-refractivity contribution in [1.29, 1.82) is 0 Å². The number of hydrogen-bond acceptors (Lipinski definition) is 4. The van der Waals surface area contributed by atoms with Crippen LogP contribution in [0.15, 0.2) is 24.5 Å². The normalized spacial score (nSPS) is 16.5. The first-order chi connectivity index (χ1) is 13.1. The quantitative estimate of drug-likeness (QED) is 0.822. The number of carbonyl (C=O) groups excluding carboxylic acids is 2. The van der Waals surface area contributed by atoms with E-state index in [0.717, 1.165) is 43.6 Å². The first-order valence-corrected chi connectivity index (χ1v) is 9.64. The highest BCUT2D eigenvalue weighted by Crippen LogP contribution is 2.24. The standard InChI is InChI=1S/C20H25N5O2/c1-23-18-8-13-25(20(27)15-6-9-21-10-7-15)14-16(18)17(22-23)4-5-19(26)24-11-2-3-12-24/h6-7,9-10H,2-5,8,11-14H2,1H3. The number of nitrogens with zero attached hydrogens (tertiary/aromatic N) is 5. The van der Waals surface area contributed by atoms with Crippen molar-refractivity contribution >= 4 is 11.8 Å². The lowest BCUT2D eigenvalue weighted by molar-refractivity contribution is -0.130. The maximum atomic E-state index is 12.8. The average Bonchev–Trinajstić information content (AvgIpc) is 3.35. The van der Waals surface area contributed by atoms with Crippen LogP contribution in [0.1, 0.15) is 46.6 Å². The largest absolute Gasteiger partial charge is 0.343 e. The number of aromatic nitrogens is 3. The summed E-state index contributed by atoms with van der Waals surface area (Å²) < 4.78 is 1.92. The third kappa shape index (κ3) is 3.59. The van der Waals surface area contributed by atoms with Crippen LogP contribution in [-0.2, 0) is 31.2 Å². The van der Waals surface area contributed by atoms with E-state index >= 15 is 0 Å². The topological polar surface area (TPSA) is 71.3 Å². The molecule has 4 rings (SSSR count). The summed E-state index contributed by atoms with van der Waals surface area (Å²) in [5.74, 6) is 0.235. The number of likely N-dealkylation sites (tertiary alicyclic amines) is 1. The number of amides is 2. The molecule has 0 aromatic carbocycles. The number of aryl methyl sites for hydroxylation is 2. The number of pyridine rings is 1. The Labute approximate surface area is 159 Å². The summed E-state index contributed by atoms with van der Waals surface area (Å²) in [6, 6.07) is 3.49. The predicted molar refractivity (Wildman–Crippen MR) is 100 cm³/mol. The molecule has 1 saturated heterocycles. The number of fused-ring (bicyclic) bond motifs is 1. The molecule has 7 nitrogen and oxygen atoms in total. The van der Waals surface area contributed by atoms with E-state index in [0.29, 0.717) is 31.5 Å². The fourth-order valence-corrected chi connectivity index (χ4v) is 4.07. The van der Waals surface area contributed by atoms with Crippen molar-refractivity contribution in [3.63, 3.8) is 0 Å². The van der Waals surface area contributed by atoms with Crippen molar-refractivity contribution in [2.45, 2.75) is 38.6 Å². The summed E-state index contributed by atoms with van der Waals surface area (Å²) in [6.07, 6.45) is 7.41. The van der Waals surface area contributed by atoms with Gasteiger partial charge in [-0.05, 0) is 25.0 Å². The molecular formula is C20H25N5O2. The van der Waals surface area contributed by atoms with Crippen molar-refractivity contribution in [3.8, 4) is 0 Å². The summed E-state index contributed by atoms with van der Waals surface area (Å²) in [6.45, 7) is 3.00. The van der Waals surface area contributed by atoms with Crippen molar-refractivity contribution in [2.24, 2.45) is 7.05 Å². The highest BCUT2D eigenvalue weighted by Gasteiger charge is 2.28. The molecule has 2 aliphatic rings. The van der Waals surface area contributed by atoms with Gasteiger partial charge in [0.1, 0.15) is 0 Å². The summed E-state index contributed by atoms with van der Waals surface area (Å²) in [7, 11) is 1.95. The number of hydrogen-bond donors (Lipinski definition) is 0. The van der Waals surface area contributed by atoms with Crippen LogP contribution in [0.4, 0.5) is 0 Å². The minimum absolute atomic E-state index is 0.0194. The molecule has 2 aliphatic heterocycles. The van der Waals surface area contributed by atoms with E-state index in [1.807, 2.05) is 21.5 Å². The summed E-state index contributed by atoms with van der Waals surface area (Å²) in [5.41, 5.74) is 3.90. The number of carbonyl (C=O) groups is 2. The second kappa shape index (κ2) is 7.50. The van der Waals surface area contributed by atoms with Gasteiger partial charge in [-0.3, -0.25) is 19.3 Å². The van der Waals surface area contributed by atoms with Gasteiger partial charge in [-0.25, -0.2) is 0 Å². The van der Waals surface area contributed by atoms with Crippen LogP contribution in [0.25, 0.3) is 0 Å². The van der Waals surface area contributed by atoms with Gasteiger partial charge in [-0.2, -0.15) is 5.10 Å². The molecule has 0 spiro atoms. The average molecular weight is 367 g/mol. The molecule has 0 N–H and O–H groups in total. The smallest absolute Gasteiger partial charge is 0.254 e. The Hall–Kier alpha value is -2.70. The minimum Gasteiger partial charge on any atom is -0.343 e. The van der Waals surface area contributed by atoms with Crippen LogP contribution >= 0.6 is 0 Å². The van der Waals surface area contributed by atoms with E-state index in [4.69, 9.17) is 0 Å². The van der Waals surface area contributed by atoms with Gasteiger partial charge in [-0.15, -0.1) is 0 Å². The highest BCUT2D eigenvalue weighted by atomic mass is 16.2. The van der Waals surface area contributed by atoms with E-state index in [1.54, 1.807) is 24.5 Å². The highest BCUT2D eigenvalue weighted by molar-refractivity contribution is 5.94. The fourth-order valence-electron chi connectivity index (χ4n) is 4.07. The lowest BCUT2D eigenvalue weighted by Crippen LogP contribution is -2.36. The van der Waals surface area contributed by atoms with Gasteiger partial charge >= 0.3 is 0 Å². The predicted octanol–water partition coefficient (Wildman–Crippen LogP) is 1.57. The Bertz CT molecular complexity index is 840. The summed E-state index contributed by atoms with van der Waals surface area (Å²) >= 11 is 0. The van der Waals surface area contributed by atoms with E-state index in [2.05, 4.69) is 10.1 Å². The Morgan fingerprint density at radius 2 is 1.81 bits per heavy atom. The van der Waals surface area contributed by atoms with E-state index < -0.39 is 0 Å². The van der Waals surface area contributed by atoms with Crippen LogP contribution in [0.3, 0.4) is 0 Å². The molecule has 4 heterocycles. The van der Waals surface area contributed by atoms with Crippen LogP contribution < -0.4 is 0 Å². The second-order valence-electron chi connectivity index (χ2n) is 7.30. The zero-order valence-corrected chi connectivity index (χ0v) is 15.7. The first kappa shape index (κ1) is 17.7. The molecule has 0 radical (unpaired) electrons. The van der Waals surface area contributed by atoms with Gasteiger partial charge in [0.05, 0.1) is 5.69 Å². The van der Waals surface area contributed by atoms with Crippen molar-refractivity contribution in [3.05, 3.63) is 47.0 Å². The third-order valence-corrected chi connectivity index (χ3v) is 5.57. The molecule has 0 bridgehead atoms. The SMILES string of the molecule is Cn1nc(CCC(=O)N2CCCC2)c2c1CCN(C(=O)c1ccncc1)C2. The van der Waals surface area contributed by atoms with Crippen LogP contribution in [0, 0.1) is 0 Å². The van der Waals surface area contributed by atoms with E-state index in [1.165, 1.54) is 5.69 Å². The van der Waals surface area contributed by atoms with Gasteiger partial charge < -0.3 is 9.80 Å². The zero-order chi connectivity index (χ0) is 18.8. The van der Waals surface area contributed by atoms with Gasteiger partial charge in [0.15, 0.2) is 0 Å². The van der Waals surface area contributed by atoms with Crippen molar-refractivity contribution in [2.75, 3.05) is 19.6 Å². The Morgan fingerprint density at radius 3 is 2.56 bits per heavy atom. The summed E-state index contributed by atoms with van der Waals surface area (Å²) in [5, 5.41) is 4.66. The molecule has 27 heavy (non-hydrogen) atoms. The molecule has 0 aliphatic carbocycles. The molecule has 142 valence electrons. The molecule has 0 atom stereocenters. The van der Waals surface area contributed by atoms with Crippen LogP contribution in [0.5, 0.6) is 0 Å². The van der Waals surface area contributed by atoms with Gasteiger partial charge in [0, 0.05) is 81.7 Å². The fraction of sp³-hybridized carbons (Fsp3) is 0.500. The van der Waals surface area contributed by atoms with E-state index in [-0.39, 0.29) is 11.8 Å². The molecule has 2 aromatic heterocycles. The summed E-state index contributed by atoms with van der Waals surface area (Å²) in [4.78, 5) is 32.9. The maximum absolute atomic E-state index is 12.8. The minimum atomic E-state index is 0.0194. The molecule has 0 saturated carbocycles. The van der Waals surface area contributed by atoms with Crippen molar-refractivity contribution in [1.82, 2.24) is 24.6 Å². The van der Waals surface area contributed by atoms with Gasteiger partial charge in [0.25, 0.3) is 5.91 Å². The second-order valence-corrected chi connectivity index (χ2v) is 7.30. The zero-order valence-electron chi connectivity index (χ0n) is 15.7. The third-order valence-electron chi connectivity index (χ3n) is 5.57. The molecular weight excluding hydrogens is 342 g/mol. The molecule has 2 amide bonds. The Morgan fingerprint density at radius 1 is 1.07 bits per heavy atom. The van der Waals surface area contributed by atoms with Gasteiger partial charge in [0.2, 0.25) is 5.91 Å². The maximum Gasteiger partial charge on any atom is 0.254 e. The molecule has 1 fully saturated rings. The molecule has 0 unspecified atom stereocenters. The number of rotatable bonds is 4. The van der Waals surface area contributed by atoms with Crippen LogP contribution in [0.2, 0.25) is 0 Å².